The number of alkyl halides is 3. The van der Waals surface area contributed by atoms with Crippen molar-refractivity contribution in [2.75, 3.05) is 0 Å². The number of para-hydroxylation sites is 1. The average molecular weight is 415 g/mol. The van der Waals surface area contributed by atoms with Gasteiger partial charge in [-0.1, -0.05) is 30.3 Å². The number of pyridine rings is 1. The van der Waals surface area contributed by atoms with Crippen molar-refractivity contribution in [3.05, 3.63) is 94.4 Å². The van der Waals surface area contributed by atoms with Gasteiger partial charge < -0.3 is 9.30 Å². The number of carbonyl (C=O) groups is 1. The molecule has 0 aliphatic rings. The fourth-order valence-electron chi connectivity index (χ4n) is 2.47. The second kappa shape index (κ2) is 9.08. The number of rotatable bonds is 6. The smallest absolute Gasteiger partial charge is 0.417 e. The Labute approximate surface area is 169 Å². The molecule has 9 heteroatoms. The van der Waals surface area contributed by atoms with Gasteiger partial charge in [0.25, 0.3) is 11.5 Å². The fraction of sp³-hybridized carbons (Fsp3) is 0.0952. The SMILES string of the molecule is O=C(Cn1cc(C(F)(F)F)ccc1=O)N/N=C/c1cccc(Oc2ccccc2)c1. The first-order valence-corrected chi connectivity index (χ1v) is 8.74. The second-order valence-corrected chi connectivity index (χ2v) is 6.16. The van der Waals surface area contributed by atoms with E-state index in [4.69, 9.17) is 4.74 Å². The number of hydrogen-bond acceptors (Lipinski definition) is 4. The van der Waals surface area contributed by atoms with Crippen LogP contribution in [0.2, 0.25) is 0 Å². The van der Waals surface area contributed by atoms with Crippen LogP contribution in [0.1, 0.15) is 11.1 Å². The van der Waals surface area contributed by atoms with Crippen LogP contribution in [0.4, 0.5) is 13.2 Å². The van der Waals surface area contributed by atoms with Crippen molar-refractivity contribution < 1.29 is 22.7 Å². The highest BCUT2D eigenvalue weighted by atomic mass is 19.4. The van der Waals surface area contributed by atoms with Crippen LogP contribution in [0.15, 0.2) is 82.8 Å². The molecule has 0 spiro atoms. The van der Waals surface area contributed by atoms with E-state index in [9.17, 15) is 22.8 Å². The number of aromatic nitrogens is 1. The minimum absolute atomic E-state index is 0.562. The second-order valence-electron chi connectivity index (χ2n) is 6.16. The first-order chi connectivity index (χ1) is 14.3. The van der Waals surface area contributed by atoms with Crippen LogP contribution in [0, 0.1) is 0 Å². The van der Waals surface area contributed by atoms with Gasteiger partial charge in [0.1, 0.15) is 18.0 Å². The number of halogens is 3. The highest BCUT2D eigenvalue weighted by Crippen LogP contribution is 2.28. The summed E-state index contributed by atoms with van der Waals surface area (Å²) in [4.78, 5) is 23.6. The number of benzene rings is 2. The lowest BCUT2D eigenvalue weighted by Crippen LogP contribution is -2.30. The molecule has 1 N–H and O–H groups in total. The molecule has 0 aliphatic carbocycles. The van der Waals surface area contributed by atoms with Crippen molar-refractivity contribution in [3.8, 4) is 11.5 Å². The van der Waals surface area contributed by atoms with Crippen molar-refractivity contribution >= 4 is 12.1 Å². The highest BCUT2D eigenvalue weighted by Gasteiger charge is 2.31. The molecule has 3 aromatic rings. The molecular weight excluding hydrogens is 399 g/mol. The molecule has 0 fully saturated rings. The third-order valence-electron chi connectivity index (χ3n) is 3.86. The normalized spacial score (nSPS) is 11.4. The number of hydrazone groups is 1. The molecule has 6 nitrogen and oxygen atoms in total. The minimum atomic E-state index is -4.61. The van der Waals surface area contributed by atoms with Crippen LogP contribution < -0.4 is 15.7 Å². The Morgan fingerprint density at radius 2 is 1.77 bits per heavy atom. The van der Waals surface area contributed by atoms with Gasteiger partial charge in [0, 0.05) is 12.3 Å². The summed E-state index contributed by atoms with van der Waals surface area (Å²) in [6, 6.07) is 17.5. The lowest BCUT2D eigenvalue weighted by Gasteiger charge is -2.09. The topological polar surface area (TPSA) is 72.7 Å². The van der Waals surface area contributed by atoms with Crippen molar-refractivity contribution in [1.82, 2.24) is 9.99 Å². The summed E-state index contributed by atoms with van der Waals surface area (Å²) < 4.78 is 44.6. The fourth-order valence-corrected chi connectivity index (χ4v) is 2.47. The third-order valence-corrected chi connectivity index (χ3v) is 3.86. The minimum Gasteiger partial charge on any atom is -0.457 e. The first-order valence-electron chi connectivity index (χ1n) is 8.74. The number of hydrogen-bond donors (Lipinski definition) is 1. The molecule has 30 heavy (non-hydrogen) atoms. The van der Waals surface area contributed by atoms with Gasteiger partial charge in [-0.25, -0.2) is 5.43 Å². The maximum Gasteiger partial charge on any atom is 0.417 e. The van der Waals surface area contributed by atoms with Crippen LogP contribution in [-0.2, 0) is 17.5 Å². The summed E-state index contributed by atoms with van der Waals surface area (Å²) in [5.74, 6) is 0.475. The van der Waals surface area contributed by atoms with E-state index in [1.807, 2.05) is 18.2 Å². The van der Waals surface area contributed by atoms with Gasteiger partial charge in [0.15, 0.2) is 0 Å². The molecule has 0 unspecified atom stereocenters. The predicted octanol–water partition coefficient (Wildman–Crippen LogP) is 3.81. The number of nitrogens with zero attached hydrogens (tertiary/aromatic N) is 2. The van der Waals surface area contributed by atoms with E-state index in [1.54, 1.807) is 36.4 Å². The van der Waals surface area contributed by atoms with E-state index in [0.717, 1.165) is 6.07 Å². The Hall–Kier alpha value is -3.88. The molecule has 154 valence electrons. The molecule has 1 aromatic heterocycles. The molecule has 0 bridgehead atoms. The molecule has 1 amide bonds. The summed E-state index contributed by atoms with van der Waals surface area (Å²) in [5.41, 5.74) is 1.06. The Morgan fingerprint density at radius 3 is 2.50 bits per heavy atom. The third kappa shape index (κ3) is 5.81. The first kappa shape index (κ1) is 20.8. The van der Waals surface area contributed by atoms with Crippen LogP contribution >= 0.6 is 0 Å². The number of amides is 1. The van der Waals surface area contributed by atoms with Crippen molar-refractivity contribution in [2.45, 2.75) is 12.7 Å². The molecule has 0 saturated heterocycles. The Kier molecular flexibility index (Phi) is 6.31. The van der Waals surface area contributed by atoms with Gasteiger partial charge in [0.2, 0.25) is 0 Å². The van der Waals surface area contributed by atoms with E-state index in [0.29, 0.717) is 33.9 Å². The van der Waals surface area contributed by atoms with Gasteiger partial charge in [-0.2, -0.15) is 18.3 Å². The van der Waals surface area contributed by atoms with Crippen molar-refractivity contribution in [2.24, 2.45) is 5.10 Å². The summed E-state index contributed by atoms with van der Waals surface area (Å²) in [5, 5.41) is 3.77. The Balaban J connectivity index is 1.61. The number of nitrogens with one attached hydrogen (secondary N) is 1. The van der Waals surface area contributed by atoms with E-state index >= 15 is 0 Å². The lowest BCUT2D eigenvalue weighted by molar-refractivity contribution is -0.138. The van der Waals surface area contributed by atoms with E-state index in [1.165, 1.54) is 6.21 Å². The van der Waals surface area contributed by atoms with E-state index in [-0.39, 0.29) is 0 Å². The molecular formula is C21H16F3N3O3. The van der Waals surface area contributed by atoms with Gasteiger partial charge in [-0.15, -0.1) is 0 Å². The average Bonchev–Trinajstić information content (AvgIpc) is 2.70. The standard InChI is InChI=1S/C21H16F3N3O3/c22-21(23,24)16-9-10-20(29)27(13-16)14-19(28)26-25-12-15-5-4-8-18(11-15)30-17-6-2-1-3-7-17/h1-13H,14H2,(H,26,28)/b25-12+. The maximum absolute atomic E-state index is 12.7. The summed E-state index contributed by atoms with van der Waals surface area (Å²) in [7, 11) is 0. The Bertz CT molecular complexity index is 1110. The van der Waals surface area contributed by atoms with Crippen LogP contribution in [-0.4, -0.2) is 16.7 Å². The molecule has 2 aromatic carbocycles. The largest absolute Gasteiger partial charge is 0.457 e. The highest BCUT2D eigenvalue weighted by molar-refractivity contribution is 5.82. The van der Waals surface area contributed by atoms with Gasteiger partial charge >= 0.3 is 6.18 Å². The maximum atomic E-state index is 12.7. The number of ether oxygens (including phenoxy) is 1. The summed E-state index contributed by atoms with van der Waals surface area (Å²) in [6.07, 6.45) is -2.67. The van der Waals surface area contributed by atoms with Crippen LogP contribution in [0.5, 0.6) is 11.5 Å². The predicted molar refractivity (Wildman–Crippen MR) is 104 cm³/mol. The zero-order valence-electron chi connectivity index (χ0n) is 15.5. The molecule has 0 saturated carbocycles. The van der Waals surface area contributed by atoms with Gasteiger partial charge in [0.05, 0.1) is 11.8 Å². The van der Waals surface area contributed by atoms with Gasteiger partial charge in [-0.3, -0.25) is 9.59 Å². The van der Waals surface area contributed by atoms with Crippen molar-refractivity contribution in [1.29, 1.82) is 0 Å². The van der Waals surface area contributed by atoms with E-state index < -0.39 is 29.8 Å². The molecule has 0 radical (unpaired) electrons. The summed E-state index contributed by atoms with van der Waals surface area (Å²) >= 11 is 0. The molecule has 1 heterocycles. The molecule has 0 atom stereocenters. The van der Waals surface area contributed by atoms with Crippen LogP contribution in [0.3, 0.4) is 0 Å². The van der Waals surface area contributed by atoms with Gasteiger partial charge in [-0.05, 0) is 35.9 Å². The van der Waals surface area contributed by atoms with E-state index in [2.05, 4.69) is 10.5 Å². The zero-order valence-corrected chi connectivity index (χ0v) is 15.5. The quantitative estimate of drug-likeness (QED) is 0.492. The van der Waals surface area contributed by atoms with Crippen LogP contribution in [0.25, 0.3) is 0 Å². The lowest BCUT2D eigenvalue weighted by atomic mass is 10.2. The van der Waals surface area contributed by atoms with Crippen molar-refractivity contribution in [3.63, 3.8) is 0 Å². The number of carbonyl (C=O) groups excluding carboxylic acids is 1. The zero-order chi connectivity index (χ0) is 21.6. The molecule has 3 rings (SSSR count). The molecule has 0 aliphatic heterocycles. The summed E-state index contributed by atoms with van der Waals surface area (Å²) in [6.45, 7) is -0.600. The Morgan fingerprint density at radius 1 is 1.03 bits per heavy atom. The monoisotopic (exact) mass is 415 g/mol.